The number of phenols is 1. The number of benzene rings is 3. The summed E-state index contributed by atoms with van der Waals surface area (Å²) in [7, 11) is 1.53. The van der Waals surface area contributed by atoms with Gasteiger partial charge in [0.25, 0.3) is 11.8 Å². The first kappa shape index (κ1) is 23.4. The summed E-state index contributed by atoms with van der Waals surface area (Å²) in [5.74, 6) is -1.66. The number of anilines is 1. The van der Waals surface area contributed by atoms with Gasteiger partial charge < -0.3 is 9.84 Å². The summed E-state index contributed by atoms with van der Waals surface area (Å²) < 4.78 is 5.65. The molecule has 1 aliphatic carbocycles. The van der Waals surface area contributed by atoms with Gasteiger partial charge in [-0.25, -0.2) is 0 Å². The van der Waals surface area contributed by atoms with Gasteiger partial charge in [-0.1, -0.05) is 72.8 Å². The Hall–Kier alpha value is -4.32. The molecule has 1 fully saturated rings. The summed E-state index contributed by atoms with van der Waals surface area (Å²) in [5.41, 5.74) is 5.36. The highest BCUT2D eigenvalue weighted by molar-refractivity contribution is 6.13. The standard InChI is InChI=1S/C30H28N2O4/c1-4-20-15-18-23-28(34)32(31-22-16-13-19(2)14-17-22)29(35)30(23,21-9-6-5-7-10-21)27(20)26-24(33)11-8-12-25(26)36-3/h4-17,23,27,31,33H,1,18H2,2-3H3/t23-,27+,30+/m0/s1. The lowest BCUT2D eigenvalue weighted by molar-refractivity contribution is -0.138. The van der Waals surface area contributed by atoms with E-state index in [1.807, 2.05) is 67.6 Å². The van der Waals surface area contributed by atoms with Gasteiger partial charge in [0, 0.05) is 11.5 Å². The SMILES string of the molecule is C=CC1=CC[C@H]2C(=O)N(Nc3ccc(C)cc3)C(=O)[C@@]2(c2ccccc2)[C@H]1c1c(O)cccc1OC. The normalized spacial score (nSPS) is 23.2. The highest BCUT2D eigenvalue weighted by atomic mass is 16.5. The summed E-state index contributed by atoms with van der Waals surface area (Å²) in [5, 5.41) is 12.2. The summed E-state index contributed by atoms with van der Waals surface area (Å²) in [6, 6.07) is 21.9. The van der Waals surface area contributed by atoms with Gasteiger partial charge in [0.15, 0.2) is 0 Å². The van der Waals surface area contributed by atoms with Crippen molar-refractivity contribution >= 4 is 17.5 Å². The molecule has 0 spiro atoms. The van der Waals surface area contributed by atoms with Gasteiger partial charge in [-0.2, -0.15) is 5.01 Å². The number of allylic oxidation sites excluding steroid dienone is 3. The summed E-state index contributed by atoms with van der Waals surface area (Å²) in [4.78, 5) is 28.5. The zero-order valence-corrected chi connectivity index (χ0v) is 20.3. The first-order chi connectivity index (χ1) is 17.4. The number of carbonyl (C=O) groups is 2. The van der Waals surface area contributed by atoms with Crippen molar-refractivity contribution in [2.45, 2.75) is 24.7 Å². The monoisotopic (exact) mass is 480 g/mol. The Kier molecular flexibility index (Phi) is 5.88. The molecular weight excluding hydrogens is 452 g/mol. The molecule has 1 aliphatic heterocycles. The number of nitrogens with zero attached hydrogens (tertiary/aromatic N) is 1. The third-order valence-electron chi connectivity index (χ3n) is 7.33. The van der Waals surface area contributed by atoms with Crippen molar-refractivity contribution in [2.24, 2.45) is 5.92 Å². The number of amides is 2. The average molecular weight is 481 g/mol. The molecule has 2 amide bonds. The van der Waals surface area contributed by atoms with Gasteiger partial charge in [-0.05, 0) is 48.7 Å². The van der Waals surface area contributed by atoms with Gasteiger partial charge in [0.1, 0.15) is 11.5 Å². The van der Waals surface area contributed by atoms with Crippen molar-refractivity contribution in [3.05, 3.63) is 114 Å². The molecule has 1 saturated heterocycles. The Morgan fingerprint density at radius 1 is 1.06 bits per heavy atom. The van der Waals surface area contributed by atoms with Gasteiger partial charge >= 0.3 is 0 Å². The molecular formula is C30H28N2O4. The largest absolute Gasteiger partial charge is 0.508 e. The number of aryl methyl sites for hydroxylation is 1. The number of hydrogen-bond acceptors (Lipinski definition) is 5. The van der Waals surface area contributed by atoms with Gasteiger partial charge in [0.2, 0.25) is 0 Å². The molecule has 0 bridgehead atoms. The number of rotatable bonds is 6. The number of aromatic hydroxyl groups is 1. The molecule has 0 radical (unpaired) electrons. The molecule has 2 N–H and O–H groups in total. The third kappa shape index (κ3) is 3.40. The smallest absolute Gasteiger partial charge is 0.260 e. The quantitative estimate of drug-likeness (QED) is 0.471. The molecule has 6 heteroatoms. The molecule has 3 aromatic rings. The predicted molar refractivity (Wildman–Crippen MR) is 139 cm³/mol. The first-order valence-corrected chi connectivity index (χ1v) is 11.9. The molecule has 0 unspecified atom stereocenters. The van der Waals surface area contributed by atoms with E-state index in [1.54, 1.807) is 24.3 Å². The minimum Gasteiger partial charge on any atom is -0.508 e. The van der Waals surface area contributed by atoms with E-state index in [2.05, 4.69) is 12.0 Å². The van der Waals surface area contributed by atoms with Crippen LogP contribution in [0.2, 0.25) is 0 Å². The second kappa shape index (κ2) is 9.04. The van der Waals surface area contributed by atoms with Crippen LogP contribution in [-0.4, -0.2) is 29.0 Å². The number of hydrogen-bond donors (Lipinski definition) is 2. The van der Waals surface area contributed by atoms with Crippen LogP contribution in [0.4, 0.5) is 5.69 Å². The number of phenolic OH excluding ortho intramolecular Hbond substituents is 1. The van der Waals surface area contributed by atoms with Crippen LogP contribution >= 0.6 is 0 Å². The summed E-state index contributed by atoms with van der Waals surface area (Å²) in [6.07, 6.45) is 4.00. The predicted octanol–water partition coefficient (Wildman–Crippen LogP) is 5.26. The average Bonchev–Trinajstić information content (AvgIpc) is 3.12. The molecule has 2 aliphatic rings. The number of methoxy groups -OCH3 is 1. The Morgan fingerprint density at radius 2 is 1.78 bits per heavy atom. The lowest BCUT2D eigenvalue weighted by Gasteiger charge is -2.43. The maximum Gasteiger partial charge on any atom is 0.260 e. The van der Waals surface area contributed by atoms with Gasteiger partial charge in [0.05, 0.1) is 24.1 Å². The van der Waals surface area contributed by atoms with Gasteiger partial charge in [-0.15, -0.1) is 0 Å². The second-order valence-corrected chi connectivity index (χ2v) is 9.21. The van der Waals surface area contributed by atoms with E-state index >= 15 is 0 Å². The van der Waals surface area contributed by atoms with Crippen molar-refractivity contribution in [1.29, 1.82) is 0 Å². The van der Waals surface area contributed by atoms with E-state index in [-0.39, 0.29) is 17.6 Å². The zero-order chi connectivity index (χ0) is 25.4. The summed E-state index contributed by atoms with van der Waals surface area (Å²) in [6.45, 7) is 5.98. The Labute approximate surface area is 210 Å². The Bertz CT molecular complexity index is 1360. The van der Waals surface area contributed by atoms with Crippen LogP contribution in [0.1, 0.15) is 29.0 Å². The van der Waals surface area contributed by atoms with Crippen molar-refractivity contribution < 1.29 is 19.4 Å². The van der Waals surface area contributed by atoms with E-state index in [0.717, 1.165) is 16.1 Å². The van der Waals surface area contributed by atoms with Crippen LogP contribution in [0.25, 0.3) is 0 Å². The molecule has 5 rings (SSSR count). The van der Waals surface area contributed by atoms with Crippen molar-refractivity contribution in [3.8, 4) is 11.5 Å². The molecule has 1 heterocycles. The number of nitrogens with one attached hydrogen (secondary N) is 1. The zero-order valence-electron chi connectivity index (χ0n) is 20.3. The van der Waals surface area contributed by atoms with E-state index in [0.29, 0.717) is 29.0 Å². The second-order valence-electron chi connectivity index (χ2n) is 9.21. The van der Waals surface area contributed by atoms with E-state index in [9.17, 15) is 14.7 Å². The number of fused-ring (bicyclic) bond motifs is 1. The van der Waals surface area contributed by atoms with Crippen LogP contribution in [0.5, 0.6) is 11.5 Å². The van der Waals surface area contributed by atoms with Crippen LogP contribution in [0.15, 0.2) is 97.1 Å². The molecule has 0 saturated carbocycles. The van der Waals surface area contributed by atoms with E-state index < -0.39 is 17.3 Å². The fourth-order valence-corrected chi connectivity index (χ4v) is 5.70. The maximum atomic E-state index is 14.6. The van der Waals surface area contributed by atoms with Gasteiger partial charge in [-0.3, -0.25) is 15.0 Å². The van der Waals surface area contributed by atoms with Crippen molar-refractivity contribution in [1.82, 2.24) is 5.01 Å². The third-order valence-corrected chi connectivity index (χ3v) is 7.33. The molecule has 182 valence electrons. The van der Waals surface area contributed by atoms with E-state index in [1.165, 1.54) is 7.11 Å². The highest BCUT2D eigenvalue weighted by Gasteiger charge is 2.66. The lowest BCUT2D eigenvalue weighted by atomic mass is 9.55. The molecule has 3 atom stereocenters. The lowest BCUT2D eigenvalue weighted by Crippen LogP contribution is -2.48. The Balaban J connectivity index is 1.76. The minimum atomic E-state index is -1.32. The van der Waals surface area contributed by atoms with Crippen LogP contribution in [0, 0.1) is 12.8 Å². The molecule has 6 nitrogen and oxygen atoms in total. The number of imide groups is 1. The topological polar surface area (TPSA) is 78.9 Å². The van der Waals surface area contributed by atoms with Crippen molar-refractivity contribution in [2.75, 3.05) is 12.5 Å². The van der Waals surface area contributed by atoms with Crippen LogP contribution in [0.3, 0.4) is 0 Å². The molecule has 3 aromatic carbocycles. The fourth-order valence-electron chi connectivity index (χ4n) is 5.70. The first-order valence-electron chi connectivity index (χ1n) is 11.9. The number of hydrazine groups is 1. The van der Waals surface area contributed by atoms with E-state index in [4.69, 9.17) is 4.74 Å². The molecule has 0 aromatic heterocycles. The van der Waals surface area contributed by atoms with Crippen LogP contribution in [-0.2, 0) is 15.0 Å². The molecule has 36 heavy (non-hydrogen) atoms. The fraction of sp³-hybridized carbons (Fsp3) is 0.200. The van der Waals surface area contributed by atoms with Crippen LogP contribution < -0.4 is 10.2 Å². The van der Waals surface area contributed by atoms with Crippen molar-refractivity contribution in [3.63, 3.8) is 0 Å². The number of carbonyl (C=O) groups excluding carboxylic acids is 2. The highest BCUT2D eigenvalue weighted by Crippen LogP contribution is 2.60. The number of ether oxygens (including phenoxy) is 1. The Morgan fingerprint density at radius 3 is 2.44 bits per heavy atom. The minimum absolute atomic E-state index is 0.00625. The summed E-state index contributed by atoms with van der Waals surface area (Å²) >= 11 is 0. The maximum absolute atomic E-state index is 14.6.